The lowest BCUT2D eigenvalue weighted by atomic mass is 9.68. The molecule has 1 aliphatic carbocycles. The van der Waals surface area contributed by atoms with Gasteiger partial charge in [0.15, 0.2) is 0 Å². The van der Waals surface area contributed by atoms with Gasteiger partial charge in [0.2, 0.25) is 0 Å². The van der Waals surface area contributed by atoms with E-state index in [1.807, 2.05) is 30.4 Å². The van der Waals surface area contributed by atoms with Gasteiger partial charge >= 0.3 is 0 Å². The standard InChI is InChI=1S/C14H15NO/c1-11(16)13-5-3-4-8-14(13,2)12-6-9-15-10-7-12/h3-10,13H,1-2H3. The van der Waals surface area contributed by atoms with Crippen molar-refractivity contribution in [2.45, 2.75) is 19.3 Å². The van der Waals surface area contributed by atoms with Crippen molar-refractivity contribution in [1.29, 1.82) is 0 Å². The Kier molecular flexibility index (Phi) is 2.73. The molecule has 2 rings (SSSR count). The van der Waals surface area contributed by atoms with E-state index in [4.69, 9.17) is 0 Å². The highest BCUT2D eigenvalue weighted by molar-refractivity contribution is 5.83. The highest BCUT2D eigenvalue weighted by Crippen LogP contribution is 2.37. The van der Waals surface area contributed by atoms with E-state index in [9.17, 15) is 4.79 Å². The third-order valence-electron chi connectivity index (χ3n) is 3.24. The Balaban J connectivity index is 2.47. The number of allylic oxidation sites excluding steroid dienone is 4. The van der Waals surface area contributed by atoms with E-state index in [1.165, 1.54) is 0 Å². The van der Waals surface area contributed by atoms with Crippen LogP contribution in [-0.2, 0) is 10.2 Å². The number of aromatic nitrogens is 1. The molecule has 0 saturated heterocycles. The Morgan fingerprint density at radius 3 is 2.62 bits per heavy atom. The van der Waals surface area contributed by atoms with E-state index >= 15 is 0 Å². The number of carbonyl (C=O) groups is 1. The average molecular weight is 213 g/mol. The summed E-state index contributed by atoms with van der Waals surface area (Å²) in [7, 11) is 0. The largest absolute Gasteiger partial charge is 0.299 e. The lowest BCUT2D eigenvalue weighted by Crippen LogP contribution is -2.34. The van der Waals surface area contributed by atoms with Crippen LogP contribution in [0, 0.1) is 5.92 Å². The van der Waals surface area contributed by atoms with Crippen molar-refractivity contribution >= 4 is 5.78 Å². The number of pyridine rings is 1. The van der Waals surface area contributed by atoms with E-state index in [0.717, 1.165) is 5.56 Å². The second-order valence-corrected chi connectivity index (χ2v) is 4.35. The van der Waals surface area contributed by atoms with Crippen LogP contribution in [0.2, 0.25) is 0 Å². The van der Waals surface area contributed by atoms with Crippen molar-refractivity contribution in [3.63, 3.8) is 0 Å². The fourth-order valence-corrected chi connectivity index (χ4v) is 2.28. The summed E-state index contributed by atoms with van der Waals surface area (Å²) in [6.45, 7) is 3.74. The molecule has 2 unspecified atom stereocenters. The molecule has 0 fully saturated rings. The number of ketones is 1. The van der Waals surface area contributed by atoms with Crippen molar-refractivity contribution in [3.8, 4) is 0 Å². The normalized spacial score (nSPS) is 28.0. The number of Topliss-reactive ketones (excluding diaryl/α,β-unsaturated/α-hetero) is 1. The molecular weight excluding hydrogens is 198 g/mol. The zero-order valence-electron chi connectivity index (χ0n) is 9.55. The zero-order valence-corrected chi connectivity index (χ0v) is 9.55. The fourth-order valence-electron chi connectivity index (χ4n) is 2.28. The first kappa shape index (κ1) is 10.8. The summed E-state index contributed by atoms with van der Waals surface area (Å²) in [4.78, 5) is 15.7. The summed E-state index contributed by atoms with van der Waals surface area (Å²) < 4.78 is 0. The van der Waals surface area contributed by atoms with E-state index in [0.29, 0.717) is 0 Å². The molecule has 1 heterocycles. The lowest BCUT2D eigenvalue weighted by Gasteiger charge is -2.34. The van der Waals surface area contributed by atoms with Crippen LogP contribution in [0.25, 0.3) is 0 Å². The first-order valence-corrected chi connectivity index (χ1v) is 5.41. The summed E-state index contributed by atoms with van der Waals surface area (Å²) in [5.74, 6) is 0.111. The van der Waals surface area contributed by atoms with Crippen molar-refractivity contribution in [3.05, 3.63) is 54.4 Å². The summed E-state index contributed by atoms with van der Waals surface area (Å²) in [6.07, 6.45) is 11.5. The highest BCUT2D eigenvalue weighted by Gasteiger charge is 2.35. The molecule has 0 spiro atoms. The highest BCUT2D eigenvalue weighted by atomic mass is 16.1. The average Bonchev–Trinajstić information content (AvgIpc) is 2.30. The molecule has 16 heavy (non-hydrogen) atoms. The van der Waals surface area contributed by atoms with Crippen molar-refractivity contribution < 1.29 is 4.79 Å². The van der Waals surface area contributed by atoms with Gasteiger partial charge < -0.3 is 0 Å². The molecule has 1 aromatic rings. The SMILES string of the molecule is CC(=O)C1C=CC=CC1(C)c1ccncc1. The molecule has 82 valence electrons. The minimum Gasteiger partial charge on any atom is -0.299 e. The third kappa shape index (κ3) is 1.71. The third-order valence-corrected chi connectivity index (χ3v) is 3.24. The van der Waals surface area contributed by atoms with Crippen LogP contribution >= 0.6 is 0 Å². The smallest absolute Gasteiger partial charge is 0.137 e. The number of hydrogen-bond acceptors (Lipinski definition) is 2. The second kappa shape index (κ2) is 4.05. The molecule has 0 saturated carbocycles. The summed E-state index contributed by atoms with van der Waals surface area (Å²) >= 11 is 0. The first-order valence-electron chi connectivity index (χ1n) is 5.41. The topological polar surface area (TPSA) is 30.0 Å². The van der Waals surface area contributed by atoms with E-state index in [1.54, 1.807) is 19.3 Å². The predicted octanol–water partition coefficient (Wildman–Crippen LogP) is 2.67. The molecule has 2 heteroatoms. The molecule has 1 aromatic heterocycles. The number of carbonyl (C=O) groups excluding carboxylic acids is 1. The summed E-state index contributed by atoms with van der Waals surface area (Å²) in [5.41, 5.74) is 0.882. The Labute approximate surface area is 95.7 Å². The van der Waals surface area contributed by atoms with Crippen LogP contribution in [0.15, 0.2) is 48.8 Å². The first-order chi connectivity index (χ1) is 7.64. The molecule has 0 bridgehead atoms. The van der Waals surface area contributed by atoms with Crippen molar-refractivity contribution in [1.82, 2.24) is 4.98 Å². The molecule has 1 aliphatic rings. The Bertz CT molecular complexity index is 447. The zero-order chi connectivity index (χ0) is 11.6. The van der Waals surface area contributed by atoms with Gasteiger partial charge in [-0.05, 0) is 24.6 Å². The van der Waals surface area contributed by atoms with E-state index in [-0.39, 0.29) is 17.1 Å². The van der Waals surface area contributed by atoms with E-state index < -0.39 is 0 Å². The minimum absolute atomic E-state index is 0.0834. The van der Waals surface area contributed by atoms with Crippen molar-refractivity contribution in [2.24, 2.45) is 5.92 Å². The maximum Gasteiger partial charge on any atom is 0.137 e. The number of rotatable bonds is 2. The molecule has 2 nitrogen and oxygen atoms in total. The van der Waals surface area contributed by atoms with Gasteiger partial charge in [0, 0.05) is 23.7 Å². The van der Waals surface area contributed by atoms with Gasteiger partial charge in [-0.25, -0.2) is 0 Å². The Morgan fingerprint density at radius 2 is 2.00 bits per heavy atom. The second-order valence-electron chi connectivity index (χ2n) is 4.35. The predicted molar refractivity (Wildman–Crippen MR) is 64.0 cm³/mol. The molecule has 0 amide bonds. The molecule has 2 atom stereocenters. The number of hydrogen-bond donors (Lipinski definition) is 0. The molecule has 0 radical (unpaired) electrons. The molecule has 0 aromatic carbocycles. The molecule has 0 aliphatic heterocycles. The van der Waals surface area contributed by atoms with Gasteiger partial charge in [-0.15, -0.1) is 0 Å². The Hall–Kier alpha value is -1.70. The van der Waals surface area contributed by atoms with Crippen molar-refractivity contribution in [2.75, 3.05) is 0 Å². The molecular formula is C14H15NO. The van der Waals surface area contributed by atoms with Crippen LogP contribution in [0.3, 0.4) is 0 Å². The minimum atomic E-state index is -0.247. The number of nitrogens with zero attached hydrogens (tertiary/aromatic N) is 1. The van der Waals surface area contributed by atoms with E-state index in [2.05, 4.69) is 18.0 Å². The quantitative estimate of drug-likeness (QED) is 0.756. The Morgan fingerprint density at radius 1 is 1.31 bits per heavy atom. The summed E-state index contributed by atoms with van der Waals surface area (Å²) in [6, 6.07) is 3.94. The van der Waals surface area contributed by atoms with Gasteiger partial charge in [0.1, 0.15) is 5.78 Å². The van der Waals surface area contributed by atoms with Gasteiger partial charge in [0.25, 0.3) is 0 Å². The van der Waals surface area contributed by atoms with Gasteiger partial charge in [-0.1, -0.05) is 31.2 Å². The van der Waals surface area contributed by atoms with Crippen LogP contribution in [0.1, 0.15) is 19.4 Å². The maximum absolute atomic E-state index is 11.7. The van der Waals surface area contributed by atoms with Gasteiger partial charge in [-0.2, -0.15) is 0 Å². The lowest BCUT2D eigenvalue weighted by molar-refractivity contribution is -0.120. The van der Waals surface area contributed by atoms with Gasteiger partial charge in [0.05, 0.1) is 0 Å². The van der Waals surface area contributed by atoms with Crippen LogP contribution in [0.4, 0.5) is 0 Å². The van der Waals surface area contributed by atoms with Crippen LogP contribution in [-0.4, -0.2) is 10.8 Å². The van der Waals surface area contributed by atoms with Gasteiger partial charge in [-0.3, -0.25) is 9.78 Å². The maximum atomic E-state index is 11.7. The van der Waals surface area contributed by atoms with Crippen LogP contribution in [0.5, 0.6) is 0 Å². The fraction of sp³-hybridized carbons (Fsp3) is 0.286. The monoisotopic (exact) mass is 213 g/mol. The van der Waals surface area contributed by atoms with Crippen LogP contribution < -0.4 is 0 Å². The molecule has 0 N–H and O–H groups in total. The summed E-state index contributed by atoms with van der Waals surface area (Å²) in [5, 5.41) is 0.